The fourth-order valence-electron chi connectivity index (χ4n) is 1.85. The molecular formula is C13H16N2O2. The van der Waals surface area contributed by atoms with Gasteiger partial charge in [0.25, 0.3) is 0 Å². The van der Waals surface area contributed by atoms with E-state index in [2.05, 4.69) is 0 Å². The van der Waals surface area contributed by atoms with Crippen LogP contribution in [0.1, 0.15) is 12.6 Å². The van der Waals surface area contributed by atoms with Gasteiger partial charge in [0.05, 0.1) is 18.0 Å². The topological polar surface area (TPSA) is 36.2 Å². The summed E-state index contributed by atoms with van der Waals surface area (Å²) >= 11 is 0. The molecular weight excluding hydrogens is 216 g/mol. The van der Waals surface area contributed by atoms with Gasteiger partial charge in [-0.15, -0.1) is 0 Å². The number of nitrogens with zero attached hydrogens (tertiary/aromatic N) is 2. The van der Waals surface area contributed by atoms with E-state index in [1.54, 1.807) is 4.68 Å². The number of rotatable bonds is 3. The van der Waals surface area contributed by atoms with Crippen LogP contribution in [-0.2, 0) is 7.05 Å². The molecule has 0 fully saturated rings. The van der Waals surface area contributed by atoms with Gasteiger partial charge in [-0.05, 0) is 26.0 Å². The Bertz CT molecular complexity index is 567. The van der Waals surface area contributed by atoms with Crippen molar-refractivity contribution in [1.82, 2.24) is 9.36 Å². The molecule has 0 aliphatic heterocycles. The number of ether oxygens (including phenoxy) is 1. The van der Waals surface area contributed by atoms with Crippen LogP contribution < -0.4 is 10.3 Å². The van der Waals surface area contributed by atoms with Gasteiger partial charge in [0.2, 0.25) is 5.75 Å². The summed E-state index contributed by atoms with van der Waals surface area (Å²) < 4.78 is 8.82. The molecule has 2 aromatic rings. The van der Waals surface area contributed by atoms with E-state index in [0.717, 1.165) is 11.4 Å². The highest BCUT2D eigenvalue weighted by atomic mass is 16.5. The van der Waals surface area contributed by atoms with E-state index in [1.807, 2.05) is 55.9 Å². The molecule has 2 rings (SSSR count). The van der Waals surface area contributed by atoms with Gasteiger partial charge >= 0.3 is 5.56 Å². The molecule has 0 amide bonds. The number of hydrogen-bond acceptors (Lipinski definition) is 2. The largest absolute Gasteiger partial charge is 0.487 e. The Morgan fingerprint density at radius 3 is 2.47 bits per heavy atom. The molecule has 1 aromatic carbocycles. The van der Waals surface area contributed by atoms with Crippen LogP contribution in [0.15, 0.2) is 35.1 Å². The second-order valence-corrected chi connectivity index (χ2v) is 3.82. The van der Waals surface area contributed by atoms with Gasteiger partial charge in [0.1, 0.15) is 0 Å². The van der Waals surface area contributed by atoms with E-state index in [0.29, 0.717) is 12.4 Å². The van der Waals surface area contributed by atoms with Gasteiger partial charge in [-0.2, -0.15) is 0 Å². The summed E-state index contributed by atoms with van der Waals surface area (Å²) in [5, 5.41) is 0. The molecule has 1 aromatic heterocycles. The average molecular weight is 232 g/mol. The SMILES string of the molecule is CCOc1c(C)n(C)n(-c2ccccc2)c1=O. The van der Waals surface area contributed by atoms with Gasteiger partial charge in [0.15, 0.2) is 0 Å². The fourth-order valence-corrected chi connectivity index (χ4v) is 1.85. The number of aromatic nitrogens is 2. The third-order valence-corrected chi connectivity index (χ3v) is 2.79. The molecule has 0 aliphatic rings. The maximum absolute atomic E-state index is 12.2. The highest BCUT2D eigenvalue weighted by Gasteiger charge is 2.16. The van der Waals surface area contributed by atoms with Crippen LogP contribution >= 0.6 is 0 Å². The van der Waals surface area contributed by atoms with Gasteiger partial charge in [-0.25, -0.2) is 4.68 Å². The Hall–Kier alpha value is -1.97. The Balaban J connectivity index is 2.64. The molecule has 0 spiro atoms. The minimum Gasteiger partial charge on any atom is -0.487 e. The van der Waals surface area contributed by atoms with Crippen molar-refractivity contribution in [2.24, 2.45) is 7.05 Å². The summed E-state index contributed by atoms with van der Waals surface area (Å²) in [6.07, 6.45) is 0. The number of hydrogen-bond donors (Lipinski definition) is 0. The Labute approximate surface area is 100 Å². The summed E-state index contributed by atoms with van der Waals surface area (Å²) in [4.78, 5) is 12.2. The van der Waals surface area contributed by atoms with E-state index in [1.165, 1.54) is 0 Å². The summed E-state index contributed by atoms with van der Waals surface area (Å²) in [6, 6.07) is 9.54. The lowest BCUT2D eigenvalue weighted by atomic mass is 10.3. The molecule has 0 N–H and O–H groups in total. The lowest BCUT2D eigenvalue weighted by Gasteiger charge is -2.06. The van der Waals surface area contributed by atoms with Crippen LogP contribution in [-0.4, -0.2) is 16.0 Å². The summed E-state index contributed by atoms with van der Waals surface area (Å²) in [7, 11) is 1.85. The Morgan fingerprint density at radius 1 is 1.24 bits per heavy atom. The molecule has 4 nitrogen and oxygen atoms in total. The molecule has 0 atom stereocenters. The molecule has 0 unspecified atom stereocenters. The summed E-state index contributed by atoms with van der Waals surface area (Å²) in [5.41, 5.74) is 1.56. The van der Waals surface area contributed by atoms with Crippen molar-refractivity contribution in [3.63, 3.8) is 0 Å². The molecule has 0 saturated heterocycles. The van der Waals surface area contributed by atoms with Crippen molar-refractivity contribution in [1.29, 1.82) is 0 Å². The second kappa shape index (κ2) is 4.49. The Morgan fingerprint density at radius 2 is 1.88 bits per heavy atom. The molecule has 1 heterocycles. The van der Waals surface area contributed by atoms with Gasteiger partial charge in [0, 0.05) is 7.05 Å². The third kappa shape index (κ3) is 1.86. The molecule has 0 aliphatic carbocycles. The zero-order chi connectivity index (χ0) is 12.4. The van der Waals surface area contributed by atoms with Crippen molar-refractivity contribution in [3.8, 4) is 11.4 Å². The lowest BCUT2D eigenvalue weighted by molar-refractivity contribution is 0.334. The van der Waals surface area contributed by atoms with Crippen molar-refractivity contribution in [3.05, 3.63) is 46.4 Å². The average Bonchev–Trinajstić information content (AvgIpc) is 2.55. The summed E-state index contributed by atoms with van der Waals surface area (Å²) in [6.45, 7) is 4.25. The maximum atomic E-state index is 12.2. The van der Waals surface area contributed by atoms with Crippen LogP contribution in [0.2, 0.25) is 0 Å². The van der Waals surface area contributed by atoms with Gasteiger partial charge in [-0.3, -0.25) is 9.48 Å². The first-order chi connectivity index (χ1) is 8.16. The van der Waals surface area contributed by atoms with E-state index >= 15 is 0 Å². The highest BCUT2D eigenvalue weighted by Crippen LogP contribution is 2.15. The lowest BCUT2D eigenvalue weighted by Crippen LogP contribution is -2.20. The Kier molecular flexibility index (Phi) is 3.04. The molecule has 0 bridgehead atoms. The first-order valence-electron chi connectivity index (χ1n) is 5.63. The molecule has 17 heavy (non-hydrogen) atoms. The highest BCUT2D eigenvalue weighted by molar-refractivity contribution is 5.35. The standard InChI is InChI=1S/C13H16N2O2/c1-4-17-12-10(2)14(3)15(13(12)16)11-8-6-5-7-9-11/h5-9H,4H2,1-3H3. The maximum Gasteiger partial charge on any atom is 0.314 e. The first-order valence-corrected chi connectivity index (χ1v) is 5.63. The first kappa shape index (κ1) is 11.5. The minimum atomic E-state index is -0.113. The molecule has 4 heteroatoms. The quantitative estimate of drug-likeness (QED) is 0.810. The second-order valence-electron chi connectivity index (χ2n) is 3.82. The van der Waals surface area contributed by atoms with E-state index in [9.17, 15) is 4.79 Å². The van der Waals surface area contributed by atoms with Gasteiger partial charge < -0.3 is 4.74 Å². The predicted molar refractivity (Wildman–Crippen MR) is 66.9 cm³/mol. The fraction of sp³-hybridized carbons (Fsp3) is 0.308. The zero-order valence-electron chi connectivity index (χ0n) is 10.3. The van der Waals surface area contributed by atoms with Crippen molar-refractivity contribution < 1.29 is 4.74 Å². The van der Waals surface area contributed by atoms with E-state index in [4.69, 9.17) is 4.74 Å². The number of benzene rings is 1. The van der Waals surface area contributed by atoms with Gasteiger partial charge in [-0.1, -0.05) is 18.2 Å². The third-order valence-electron chi connectivity index (χ3n) is 2.79. The summed E-state index contributed by atoms with van der Waals surface area (Å²) in [5.74, 6) is 0.429. The molecule has 90 valence electrons. The van der Waals surface area contributed by atoms with Crippen molar-refractivity contribution >= 4 is 0 Å². The van der Waals surface area contributed by atoms with E-state index < -0.39 is 0 Å². The number of para-hydroxylation sites is 1. The van der Waals surface area contributed by atoms with Crippen LogP contribution in [0.5, 0.6) is 5.75 Å². The van der Waals surface area contributed by atoms with E-state index in [-0.39, 0.29) is 5.56 Å². The smallest absolute Gasteiger partial charge is 0.314 e. The van der Waals surface area contributed by atoms with Crippen LogP contribution in [0.4, 0.5) is 0 Å². The minimum absolute atomic E-state index is 0.113. The zero-order valence-corrected chi connectivity index (χ0v) is 10.3. The molecule has 0 radical (unpaired) electrons. The van der Waals surface area contributed by atoms with Crippen LogP contribution in [0, 0.1) is 6.92 Å². The predicted octanol–water partition coefficient (Wildman–Crippen LogP) is 1.88. The molecule has 0 saturated carbocycles. The normalized spacial score (nSPS) is 10.5. The van der Waals surface area contributed by atoms with Crippen molar-refractivity contribution in [2.75, 3.05) is 6.61 Å². The van der Waals surface area contributed by atoms with Crippen molar-refractivity contribution in [2.45, 2.75) is 13.8 Å². The monoisotopic (exact) mass is 232 g/mol. The van der Waals surface area contributed by atoms with Crippen LogP contribution in [0.25, 0.3) is 5.69 Å². The van der Waals surface area contributed by atoms with Crippen LogP contribution in [0.3, 0.4) is 0 Å².